The average molecular weight is 1700 g/mol. The normalized spacial score (nSPS) is 27.5. The lowest BCUT2D eigenvalue weighted by molar-refractivity contribution is -0.161. The first kappa shape index (κ1) is 84.2. The number of aromatic nitrogens is 12. The molecular formula is C81H93N21O21. The highest BCUT2D eigenvalue weighted by atomic mass is 16.8. The number of nitrogens with one attached hydrogen (secondary N) is 6. The Hall–Kier alpha value is -12.4. The highest BCUT2D eigenvalue weighted by Gasteiger charge is 2.58. The molecule has 12 unspecified atom stereocenters. The zero-order valence-electron chi connectivity index (χ0n) is 67.1. The fraction of sp³-hybridized carbons (Fsp3) is 0.481. The van der Waals surface area contributed by atoms with Gasteiger partial charge in [-0.2, -0.15) is 0 Å². The van der Waals surface area contributed by atoms with E-state index in [9.17, 15) is 58.5 Å². The van der Waals surface area contributed by atoms with Gasteiger partial charge in [-0.15, -0.1) is 0 Å². The van der Waals surface area contributed by atoms with Crippen molar-refractivity contribution in [1.82, 2.24) is 89.2 Å². The molecule has 123 heavy (non-hydrogen) atoms. The number of piperidine rings is 3. The summed E-state index contributed by atoms with van der Waals surface area (Å²) in [5.41, 5.74) is 4.79. The number of amides is 9. The maximum Gasteiger partial charge on any atom is 0.326 e. The van der Waals surface area contributed by atoms with E-state index in [0.717, 1.165) is 29.5 Å². The number of hydrogen-bond acceptors (Lipinski definition) is 27. The van der Waals surface area contributed by atoms with Crippen molar-refractivity contribution in [3.05, 3.63) is 146 Å². The summed E-state index contributed by atoms with van der Waals surface area (Å²) in [5.74, 6) is -3.94. The number of rotatable bonds is 21. The van der Waals surface area contributed by atoms with Crippen molar-refractivity contribution in [2.45, 2.75) is 184 Å². The average Bonchev–Trinajstić information content (AvgIpc) is 1.60. The molecule has 3 aromatic carbocycles. The molecule has 6 aromatic heterocycles. The van der Waals surface area contributed by atoms with Crippen LogP contribution in [0.4, 0.5) is 31.8 Å². The number of urea groups is 3. The van der Waals surface area contributed by atoms with Gasteiger partial charge in [0, 0.05) is 69.0 Å². The molecule has 9 fully saturated rings. The van der Waals surface area contributed by atoms with E-state index in [1.807, 2.05) is 91.0 Å². The van der Waals surface area contributed by atoms with Gasteiger partial charge in [-0.3, -0.25) is 53.6 Å². The molecule has 0 radical (unpaired) electrons. The van der Waals surface area contributed by atoms with E-state index < -0.39 is 146 Å². The Morgan fingerprint density at radius 1 is 0.374 bits per heavy atom. The predicted molar refractivity (Wildman–Crippen MR) is 427 cm³/mol. The number of imidazole rings is 3. The molecule has 9 amide bonds. The van der Waals surface area contributed by atoms with Gasteiger partial charge in [-0.05, 0) is 65.7 Å². The number of carboxylic acid groups (broad SMARTS) is 3. The number of ether oxygens (including phenoxy) is 9. The van der Waals surface area contributed by atoms with E-state index in [2.05, 4.69) is 76.8 Å². The minimum absolute atomic E-state index is 0.000480. The summed E-state index contributed by atoms with van der Waals surface area (Å²) in [6, 6.07) is 26.3. The molecule has 18 atom stereocenters. The van der Waals surface area contributed by atoms with Gasteiger partial charge in [-0.1, -0.05) is 91.0 Å². The van der Waals surface area contributed by atoms with E-state index in [4.69, 9.17) is 42.6 Å². The summed E-state index contributed by atoms with van der Waals surface area (Å²) in [7, 11) is 0. The number of aliphatic carboxylic acids is 3. The fourth-order valence-corrected chi connectivity index (χ4v) is 17.0. The number of carbonyl (C=O) groups is 9. The first-order chi connectivity index (χ1) is 59.8. The summed E-state index contributed by atoms with van der Waals surface area (Å²) < 4.78 is 62.4. The molecule has 42 nitrogen and oxygen atoms in total. The molecule has 0 saturated carbocycles. The summed E-state index contributed by atoms with van der Waals surface area (Å²) in [6.07, 6.45) is 2.88. The molecule has 9 aliphatic heterocycles. The summed E-state index contributed by atoms with van der Waals surface area (Å²) >= 11 is 0. The van der Waals surface area contributed by atoms with Gasteiger partial charge >= 0.3 is 36.0 Å². The van der Waals surface area contributed by atoms with E-state index in [1.165, 1.54) is 42.9 Å². The van der Waals surface area contributed by atoms with Crippen LogP contribution in [-0.4, -0.2) is 256 Å². The van der Waals surface area contributed by atoms with Crippen LogP contribution in [0.5, 0.6) is 0 Å². The Kier molecular flexibility index (Phi) is 25.7. The number of hydrogen-bond donors (Lipinski definition) is 9. The largest absolute Gasteiger partial charge is 0.481 e. The van der Waals surface area contributed by atoms with Crippen molar-refractivity contribution in [1.29, 1.82) is 0 Å². The Bertz CT molecular complexity index is 5110. The van der Waals surface area contributed by atoms with Crippen LogP contribution in [0.3, 0.4) is 0 Å². The molecule has 9 saturated heterocycles. The molecule has 18 rings (SSSR count). The number of anilines is 3. The number of benzene rings is 3. The monoisotopic (exact) mass is 1700 g/mol. The lowest BCUT2D eigenvalue weighted by Gasteiger charge is -2.34. The third kappa shape index (κ3) is 18.1. The topological polar surface area (TPSA) is 510 Å². The molecule has 9 aromatic rings. The van der Waals surface area contributed by atoms with E-state index in [0.29, 0.717) is 105 Å². The minimum Gasteiger partial charge on any atom is -0.481 e. The second-order valence-corrected chi connectivity index (χ2v) is 30.7. The van der Waals surface area contributed by atoms with Crippen LogP contribution in [0, 0.1) is 11.8 Å². The first-order valence-corrected chi connectivity index (χ1v) is 41.0. The van der Waals surface area contributed by atoms with Crippen LogP contribution in [0.1, 0.15) is 139 Å². The molecule has 0 spiro atoms. The van der Waals surface area contributed by atoms with Crippen LogP contribution in [0.15, 0.2) is 129 Å². The zero-order valence-corrected chi connectivity index (χ0v) is 67.1. The molecule has 648 valence electrons. The van der Waals surface area contributed by atoms with Crippen molar-refractivity contribution >= 4 is 105 Å². The van der Waals surface area contributed by atoms with Crippen LogP contribution in [0.2, 0.25) is 0 Å². The number of nitrogens with zero attached hydrogens (tertiary/aromatic N) is 15. The third-order valence-electron chi connectivity index (χ3n) is 22.8. The van der Waals surface area contributed by atoms with Gasteiger partial charge in [0.1, 0.15) is 61.6 Å². The van der Waals surface area contributed by atoms with Crippen molar-refractivity contribution < 1.29 is 101 Å². The number of likely N-dealkylation sites (tertiary alicyclic amines) is 3. The van der Waals surface area contributed by atoms with E-state index in [-0.39, 0.29) is 67.5 Å². The third-order valence-corrected chi connectivity index (χ3v) is 22.8. The van der Waals surface area contributed by atoms with Gasteiger partial charge in [0.2, 0.25) is 17.7 Å². The van der Waals surface area contributed by atoms with Gasteiger partial charge < -0.3 is 88.6 Å². The first-order valence-electron chi connectivity index (χ1n) is 41.0. The quantitative estimate of drug-likeness (QED) is 0.0379. The van der Waals surface area contributed by atoms with Gasteiger partial charge in [-0.25, -0.2) is 64.0 Å². The molecule has 0 bridgehead atoms. The Labute approximate surface area is 701 Å². The summed E-state index contributed by atoms with van der Waals surface area (Å²) in [4.78, 5) is 155. The second kappa shape index (κ2) is 37.5. The Balaban J connectivity index is 0.000000137. The van der Waals surface area contributed by atoms with Crippen LogP contribution < -0.4 is 31.9 Å². The van der Waals surface area contributed by atoms with Crippen molar-refractivity contribution in [2.24, 2.45) is 11.8 Å². The zero-order chi connectivity index (χ0) is 85.5. The molecule has 9 aliphatic rings. The maximum atomic E-state index is 13.4. The smallest absolute Gasteiger partial charge is 0.326 e. The van der Waals surface area contributed by atoms with Gasteiger partial charge in [0.05, 0.1) is 68.4 Å². The van der Waals surface area contributed by atoms with Crippen molar-refractivity contribution in [3.8, 4) is 0 Å². The molecule has 15 heterocycles. The van der Waals surface area contributed by atoms with Crippen LogP contribution >= 0.6 is 0 Å². The SMILES string of the molecule is CCNC(=O)Nc1ncnc2c1ncn2C1OC(CC(=O)N2CCCC[C@@H]2C(=O)O)C2O[C@H](c3ccccc3)OC21.CCNC(=O)Nc1ncnc2c1ncn2C1OC(CC(=O)N2CCC[C@@H](C(=O)O)C2)C2O[C@H](c3ccccc3)OC21.CCNC(=O)Nc1ncnc2c1ncn2C1OC(CC(=O)N2CCC[C@H](C(=O)O)C2)C2O[C@H](c3ccccc3)OC21. The van der Waals surface area contributed by atoms with Gasteiger partial charge in [0.15, 0.2) is 88.5 Å². The van der Waals surface area contributed by atoms with E-state index in [1.54, 1.807) is 44.3 Å². The van der Waals surface area contributed by atoms with Gasteiger partial charge in [0.25, 0.3) is 0 Å². The number of fused-ring (bicyclic) bond motifs is 6. The molecule has 0 aliphatic carbocycles. The highest BCUT2D eigenvalue weighted by molar-refractivity contribution is 5.98. The lowest BCUT2D eigenvalue weighted by Crippen LogP contribution is -2.49. The molecular weight excluding hydrogens is 1600 g/mol. The standard InChI is InChI=1S/3C27H31N7O7/c1-2-28-27(38)32-22-19-23(30-13-29-22)34(14-31-19)24-21-20(40-26(41-21)15-8-4-3-5-9-15)17(39-24)12-18(35)33-11-7-6-10-16(33)25(36)37;2*1-2-28-27(38)32-22-19-23(30-13-29-22)34(14-31-19)24-21-20(40-26(41-21)15-7-4-3-5-8-15)17(39-24)11-18(35)33-10-6-9-16(12-33)25(36)37/h3-5,8-9,13-14,16-17,20-21,24,26H,2,6-7,10-12H2,1H3,(H,36,37)(H2,28,29,30,32,38);2*3-5,7-8,13-14,16-17,20-21,24,26H,2,6,9-12H2,1H3,(H,36,37)(H2,28,29,30,32,38)/t2*16-,17?,20?,21?,24?,26+;16-,17?,20?,21?,24?,26-/m110/s1. The second-order valence-electron chi connectivity index (χ2n) is 30.7. The Morgan fingerprint density at radius 3 is 1.03 bits per heavy atom. The lowest BCUT2D eigenvalue weighted by atomic mass is 9.97. The number of carboxylic acids is 3. The van der Waals surface area contributed by atoms with Crippen LogP contribution in [-0.2, 0) is 71.4 Å². The Morgan fingerprint density at radius 2 is 0.707 bits per heavy atom. The van der Waals surface area contributed by atoms with Crippen LogP contribution in [0.25, 0.3) is 33.5 Å². The van der Waals surface area contributed by atoms with E-state index >= 15 is 0 Å². The highest BCUT2D eigenvalue weighted by Crippen LogP contribution is 2.50. The summed E-state index contributed by atoms with van der Waals surface area (Å²) in [6.45, 7) is 8.49. The molecule has 9 N–H and O–H groups in total. The van der Waals surface area contributed by atoms with Crippen molar-refractivity contribution in [3.63, 3.8) is 0 Å². The van der Waals surface area contributed by atoms with Crippen molar-refractivity contribution in [2.75, 3.05) is 68.3 Å². The molecule has 42 heteroatoms. The predicted octanol–water partition coefficient (Wildman–Crippen LogP) is 6.33. The minimum atomic E-state index is -1.01. The maximum absolute atomic E-state index is 13.4. The number of carbonyl (C=O) groups excluding carboxylic acids is 6. The summed E-state index contributed by atoms with van der Waals surface area (Å²) in [5, 5.41) is 44.6. The fourth-order valence-electron chi connectivity index (χ4n) is 17.0.